The predicted molar refractivity (Wildman–Crippen MR) is 166 cm³/mol. The van der Waals surface area contributed by atoms with E-state index in [-0.39, 0.29) is 18.6 Å². The molecule has 4 unspecified atom stereocenters. The Balaban J connectivity index is 1.56. The topological polar surface area (TPSA) is 172 Å². The van der Waals surface area contributed by atoms with Gasteiger partial charge in [0.05, 0.1) is 23.7 Å². The Kier molecular flexibility index (Phi) is 11.3. The lowest BCUT2D eigenvalue weighted by atomic mass is 9.87. The van der Waals surface area contributed by atoms with Crippen LogP contribution in [0.4, 0.5) is 4.79 Å². The minimum Gasteiger partial charge on any atom is -0.410 e. The Labute approximate surface area is 260 Å². The molecule has 0 saturated heterocycles. The third-order valence-corrected chi connectivity index (χ3v) is 7.58. The molecule has 2 amide bonds. The van der Waals surface area contributed by atoms with Crippen LogP contribution in [0.1, 0.15) is 37.8 Å². The van der Waals surface area contributed by atoms with E-state index in [1.807, 2.05) is 79.7 Å². The maximum Gasteiger partial charge on any atom is 0.413 e. The molecule has 0 aliphatic carbocycles. The van der Waals surface area contributed by atoms with Crippen molar-refractivity contribution in [1.29, 1.82) is 0 Å². The average Bonchev–Trinajstić information content (AvgIpc) is 3.43. The van der Waals surface area contributed by atoms with E-state index < -0.39 is 41.7 Å². The fourth-order valence-corrected chi connectivity index (χ4v) is 5.28. The number of ether oxygens (including phenoxy) is 1. The second kappa shape index (κ2) is 15.7. The van der Waals surface area contributed by atoms with Gasteiger partial charge in [0.2, 0.25) is 5.91 Å². The van der Waals surface area contributed by atoms with Gasteiger partial charge >= 0.3 is 6.09 Å². The van der Waals surface area contributed by atoms with Gasteiger partial charge in [0.15, 0.2) is 5.78 Å². The first-order valence-corrected chi connectivity index (χ1v) is 14.5. The third kappa shape index (κ3) is 8.27. The van der Waals surface area contributed by atoms with Crippen molar-refractivity contribution >= 4 is 24.1 Å². The molecule has 3 aromatic carbocycles. The molecule has 4 rings (SSSR count). The number of nitrogens with zero attached hydrogens (tertiary/aromatic N) is 3. The van der Waals surface area contributed by atoms with Crippen molar-refractivity contribution in [1.82, 2.24) is 16.0 Å². The van der Waals surface area contributed by atoms with Gasteiger partial charge in [-0.15, -0.1) is 0 Å². The lowest BCUT2D eigenvalue weighted by Crippen LogP contribution is -2.43. The summed E-state index contributed by atoms with van der Waals surface area (Å²) in [5.41, 5.74) is 12.1. The molecule has 0 saturated carbocycles. The van der Waals surface area contributed by atoms with Crippen LogP contribution >= 0.6 is 0 Å². The SMILES string of the molecule is CCC1C(ON=[N+]=[N-])=C(CC(NC(=O)Oc2ccc(-c3ccccc3)cc2)c2ccccc2)NC1C(=O)C(C=O)CC(=O)NC. The van der Waals surface area contributed by atoms with Gasteiger partial charge in [-0.05, 0) is 40.8 Å². The summed E-state index contributed by atoms with van der Waals surface area (Å²) in [5.74, 6) is -2.19. The first kappa shape index (κ1) is 32.3. The summed E-state index contributed by atoms with van der Waals surface area (Å²) in [5, 5.41) is 11.7. The van der Waals surface area contributed by atoms with Crippen LogP contribution in [0.5, 0.6) is 5.75 Å². The molecule has 3 N–H and O–H groups in total. The van der Waals surface area contributed by atoms with E-state index in [4.69, 9.17) is 15.1 Å². The van der Waals surface area contributed by atoms with Crippen LogP contribution in [0.2, 0.25) is 0 Å². The Hall–Kier alpha value is -5.61. The number of benzene rings is 3. The Morgan fingerprint density at radius 2 is 1.64 bits per heavy atom. The van der Waals surface area contributed by atoms with Crippen molar-refractivity contribution < 1.29 is 28.8 Å². The zero-order valence-corrected chi connectivity index (χ0v) is 24.9. The normalized spacial score (nSPS) is 16.8. The fourth-order valence-electron chi connectivity index (χ4n) is 5.28. The monoisotopic (exact) mass is 610 g/mol. The highest BCUT2D eigenvalue weighted by Gasteiger charge is 2.42. The molecule has 1 aliphatic rings. The summed E-state index contributed by atoms with van der Waals surface area (Å²) < 4.78 is 5.59. The van der Waals surface area contributed by atoms with Gasteiger partial charge in [-0.25, -0.2) is 4.79 Å². The smallest absolute Gasteiger partial charge is 0.410 e. The average molecular weight is 611 g/mol. The summed E-state index contributed by atoms with van der Waals surface area (Å²) in [6.07, 6.45) is -0.0713. The first-order chi connectivity index (χ1) is 21.9. The quantitative estimate of drug-likeness (QED) is 0.0536. The summed E-state index contributed by atoms with van der Waals surface area (Å²) in [6, 6.07) is 24.5. The summed E-state index contributed by atoms with van der Waals surface area (Å²) >= 11 is 0. The number of carbonyl (C=O) groups is 4. The molecule has 1 heterocycles. The first-order valence-electron chi connectivity index (χ1n) is 14.5. The van der Waals surface area contributed by atoms with Gasteiger partial charge in [-0.3, -0.25) is 9.59 Å². The van der Waals surface area contributed by atoms with Crippen molar-refractivity contribution in [2.24, 2.45) is 17.1 Å². The Bertz CT molecular complexity index is 1570. The maximum atomic E-state index is 13.5. The minimum absolute atomic E-state index is 0.101. The van der Waals surface area contributed by atoms with Gasteiger partial charge in [0, 0.05) is 30.7 Å². The summed E-state index contributed by atoms with van der Waals surface area (Å²) in [6.45, 7) is 1.82. The molecular formula is C33H34N6O6. The van der Waals surface area contributed by atoms with Gasteiger partial charge in [0.25, 0.3) is 0 Å². The van der Waals surface area contributed by atoms with Crippen LogP contribution in [0.25, 0.3) is 21.6 Å². The molecular weight excluding hydrogens is 576 g/mol. The van der Waals surface area contributed by atoms with Crippen LogP contribution in [0.3, 0.4) is 0 Å². The molecule has 1 aliphatic heterocycles. The van der Waals surface area contributed by atoms with Crippen LogP contribution in [0, 0.1) is 11.8 Å². The lowest BCUT2D eigenvalue weighted by molar-refractivity contribution is -0.134. The van der Waals surface area contributed by atoms with Gasteiger partial charge < -0.3 is 30.3 Å². The van der Waals surface area contributed by atoms with Gasteiger partial charge in [-0.1, -0.05) is 79.7 Å². The molecule has 12 heteroatoms. The largest absolute Gasteiger partial charge is 0.413 e. The number of amides is 2. The molecule has 0 bridgehead atoms. The number of aldehydes is 1. The van der Waals surface area contributed by atoms with Crippen LogP contribution in [-0.4, -0.2) is 37.2 Å². The lowest BCUT2D eigenvalue weighted by Gasteiger charge is -2.22. The molecule has 12 nitrogen and oxygen atoms in total. The number of carbonyl (C=O) groups excluding carboxylic acids is 4. The standard InChI is InChI=1S/C33H34N6O6/c1-3-26-30(31(42)24(20-40)18-29(41)35-2)36-28(32(26)45-39-38-34)19-27(23-12-8-5-9-13-23)37-33(43)44-25-16-14-22(15-17-25)21-10-6-4-7-11-21/h4-17,20,24,26-27,30,36H,3,18-19H2,1-2H3,(H,35,41)(H,37,43). The van der Waals surface area contributed by atoms with E-state index in [9.17, 15) is 19.2 Å². The molecule has 232 valence electrons. The number of hydrogen-bond acceptors (Lipinski definition) is 8. The Morgan fingerprint density at radius 3 is 2.24 bits per heavy atom. The fraction of sp³-hybridized carbons (Fsp3) is 0.273. The van der Waals surface area contributed by atoms with E-state index >= 15 is 0 Å². The zero-order chi connectivity index (χ0) is 32.2. The van der Waals surface area contributed by atoms with Crippen molar-refractivity contribution in [2.75, 3.05) is 7.05 Å². The van der Waals surface area contributed by atoms with Crippen LogP contribution in [-0.2, 0) is 19.2 Å². The Morgan fingerprint density at radius 1 is 1.00 bits per heavy atom. The highest BCUT2D eigenvalue weighted by Crippen LogP contribution is 2.36. The van der Waals surface area contributed by atoms with Gasteiger partial charge in [-0.2, -0.15) is 0 Å². The summed E-state index contributed by atoms with van der Waals surface area (Å²) in [7, 11) is 1.42. The van der Waals surface area contributed by atoms with Crippen molar-refractivity contribution in [3.05, 3.63) is 112 Å². The molecule has 4 atom stereocenters. The number of azide groups is 1. The molecule has 0 fully saturated rings. The predicted octanol–water partition coefficient (Wildman–Crippen LogP) is 5.55. The van der Waals surface area contributed by atoms with E-state index in [0.717, 1.165) is 16.7 Å². The number of ketones is 1. The van der Waals surface area contributed by atoms with Crippen LogP contribution in [0.15, 0.2) is 102 Å². The van der Waals surface area contributed by atoms with Crippen molar-refractivity contribution in [2.45, 2.75) is 38.3 Å². The van der Waals surface area contributed by atoms with E-state index in [2.05, 4.69) is 26.1 Å². The van der Waals surface area contributed by atoms with Gasteiger partial charge in [0.1, 0.15) is 23.1 Å². The molecule has 3 aromatic rings. The van der Waals surface area contributed by atoms with E-state index in [1.165, 1.54) is 7.05 Å². The second-order valence-corrected chi connectivity index (χ2v) is 10.4. The van der Waals surface area contributed by atoms with Crippen LogP contribution < -0.4 is 20.7 Å². The molecule has 0 radical (unpaired) electrons. The highest BCUT2D eigenvalue weighted by molar-refractivity contribution is 6.00. The number of rotatable bonds is 14. The second-order valence-electron chi connectivity index (χ2n) is 10.4. The third-order valence-electron chi connectivity index (χ3n) is 7.58. The maximum absolute atomic E-state index is 13.5. The number of Topliss-reactive ketones (excluding diaryl/α,β-unsaturated/α-hetero) is 1. The highest BCUT2D eigenvalue weighted by atomic mass is 16.6. The summed E-state index contributed by atoms with van der Waals surface area (Å²) in [4.78, 5) is 58.5. The number of nitrogens with one attached hydrogen (secondary N) is 3. The number of hydrogen-bond donors (Lipinski definition) is 3. The van der Waals surface area contributed by atoms with E-state index in [1.54, 1.807) is 12.1 Å². The minimum atomic E-state index is -1.19. The molecule has 0 aromatic heterocycles. The van der Waals surface area contributed by atoms with Crippen molar-refractivity contribution in [3.63, 3.8) is 0 Å². The van der Waals surface area contributed by atoms with Crippen molar-refractivity contribution in [3.8, 4) is 16.9 Å². The molecule has 0 spiro atoms. The molecule has 45 heavy (non-hydrogen) atoms. The zero-order valence-electron chi connectivity index (χ0n) is 24.9. The van der Waals surface area contributed by atoms with E-state index in [0.29, 0.717) is 24.2 Å².